The van der Waals surface area contributed by atoms with E-state index in [0.29, 0.717) is 5.41 Å². The molecule has 1 aromatic carbocycles. The Labute approximate surface area is 110 Å². The number of benzene rings is 1. The summed E-state index contributed by atoms with van der Waals surface area (Å²) in [6.45, 7) is 7.43. The topological polar surface area (TPSA) is 3.24 Å². The maximum atomic E-state index is 2.69. The highest BCUT2D eigenvalue weighted by atomic mass is 15.1. The number of aryl methyl sites for hydroxylation is 2. The van der Waals surface area contributed by atoms with Gasteiger partial charge in [-0.2, -0.15) is 0 Å². The molecule has 0 bridgehead atoms. The Hall–Kier alpha value is -0.980. The van der Waals surface area contributed by atoms with Crippen LogP contribution in [0.2, 0.25) is 0 Å². The monoisotopic (exact) mass is 241 g/mol. The number of anilines is 1. The van der Waals surface area contributed by atoms with Crippen LogP contribution in [0.25, 0.3) is 0 Å². The van der Waals surface area contributed by atoms with Crippen LogP contribution in [0.5, 0.6) is 0 Å². The largest absolute Gasteiger partial charge is 0.371 e. The lowest BCUT2D eigenvalue weighted by Crippen LogP contribution is -2.44. The molecular formula is C17H23N. The molecule has 18 heavy (non-hydrogen) atoms. The quantitative estimate of drug-likeness (QED) is 0.668. The van der Waals surface area contributed by atoms with E-state index < -0.39 is 0 Å². The fourth-order valence-electron chi connectivity index (χ4n) is 4.65. The Morgan fingerprint density at radius 2 is 2.00 bits per heavy atom. The maximum Gasteiger partial charge on any atom is 0.0442 e. The van der Waals surface area contributed by atoms with Crippen molar-refractivity contribution in [1.82, 2.24) is 0 Å². The maximum absolute atomic E-state index is 2.69. The molecule has 2 heterocycles. The van der Waals surface area contributed by atoms with E-state index in [-0.39, 0.29) is 0 Å². The smallest absolute Gasteiger partial charge is 0.0442 e. The molecule has 0 N–H and O–H groups in total. The third-order valence-electron chi connectivity index (χ3n) is 5.59. The zero-order valence-corrected chi connectivity index (χ0v) is 11.7. The first-order valence-corrected chi connectivity index (χ1v) is 7.60. The van der Waals surface area contributed by atoms with E-state index in [1.54, 1.807) is 27.9 Å². The van der Waals surface area contributed by atoms with E-state index in [4.69, 9.17) is 0 Å². The molecule has 1 aliphatic carbocycles. The van der Waals surface area contributed by atoms with Gasteiger partial charge in [-0.25, -0.2) is 0 Å². The standard InChI is InChI=1S/C17H23N/c1-12-11-13-5-3-7-17(2)8-10-18-9-4-6-14(12)16(18)15(13)17/h11H,3-10H2,1-2H3. The van der Waals surface area contributed by atoms with Crippen LogP contribution in [-0.2, 0) is 18.3 Å². The number of hydrogen-bond acceptors (Lipinski definition) is 1. The van der Waals surface area contributed by atoms with Gasteiger partial charge in [-0.15, -0.1) is 0 Å². The fourth-order valence-corrected chi connectivity index (χ4v) is 4.65. The first kappa shape index (κ1) is 10.9. The van der Waals surface area contributed by atoms with Crippen molar-refractivity contribution in [2.24, 2.45) is 0 Å². The van der Waals surface area contributed by atoms with Crippen LogP contribution in [0.3, 0.4) is 0 Å². The molecule has 96 valence electrons. The Kier molecular flexibility index (Phi) is 2.13. The van der Waals surface area contributed by atoms with Gasteiger partial charge in [-0.05, 0) is 73.1 Å². The summed E-state index contributed by atoms with van der Waals surface area (Å²) < 4.78 is 0. The van der Waals surface area contributed by atoms with E-state index in [2.05, 4.69) is 24.8 Å². The van der Waals surface area contributed by atoms with Crippen LogP contribution in [0.15, 0.2) is 6.07 Å². The van der Waals surface area contributed by atoms with E-state index in [1.165, 1.54) is 51.6 Å². The lowest BCUT2D eigenvalue weighted by atomic mass is 9.65. The Bertz CT molecular complexity index is 517. The summed E-state index contributed by atoms with van der Waals surface area (Å²) in [7, 11) is 0. The summed E-state index contributed by atoms with van der Waals surface area (Å²) in [5, 5.41) is 0. The van der Waals surface area contributed by atoms with Crippen molar-refractivity contribution in [3.63, 3.8) is 0 Å². The van der Waals surface area contributed by atoms with E-state index in [9.17, 15) is 0 Å². The van der Waals surface area contributed by atoms with Gasteiger partial charge in [0.05, 0.1) is 0 Å². The summed E-state index contributed by atoms with van der Waals surface area (Å²) >= 11 is 0. The van der Waals surface area contributed by atoms with Crippen LogP contribution in [-0.4, -0.2) is 13.1 Å². The highest BCUT2D eigenvalue weighted by Gasteiger charge is 2.41. The second-order valence-electron chi connectivity index (χ2n) is 6.81. The van der Waals surface area contributed by atoms with E-state index >= 15 is 0 Å². The number of nitrogens with zero attached hydrogens (tertiary/aromatic N) is 1. The summed E-state index contributed by atoms with van der Waals surface area (Å²) in [5.74, 6) is 0. The van der Waals surface area contributed by atoms with Gasteiger partial charge in [0.25, 0.3) is 0 Å². The lowest BCUT2D eigenvalue weighted by Gasteiger charge is -2.48. The highest BCUT2D eigenvalue weighted by molar-refractivity contribution is 5.70. The molecule has 2 aliphatic heterocycles. The zero-order chi connectivity index (χ0) is 12.3. The SMILES string of the molecule is Cc1cc2c3c4c1CCCN4CCC3(C)CCC2. The lowest BCUT2D eigenvalue weighted by molar-refractivity contribution is 0.349. The average molecular weight is 241 g/mol. The van der Waals surface area contributed by atoms with E-state index in [0.717, 1.165) is 0 Å². The first-order chi connectivity index (χ1) is 8.69. The van der Waals surface area contributed by atoms with Crippen LogP contribution in [0.4, 0.5) is 5.69 Å². The molecule has 1 atom stereocenters. The van der Waals surface area contributed by atoms with Crippen molar-refractivity contribution < 1.29 is 0 Å². The third-order valence-corrected chi connectivity index (χ3v) is 5.59. The second kappa shape index (κ2) is 3.53. The molecule has 0 amide bonds. The van der Waals surface area contributed by atoms with Gasteiger partial charge >= 0.3 is 0 Å². The van der Waals surface area contributed by atoms with Gasteiger partial charge in [0.15, 0.2) is 0 Å². The summed E-state index contributed by atoms with van der Waals surface area (Å²) in [5.41, 5.74) is 8.81. The molecule has 0 radical (unpaired) electrons. The van der Waals surface area contributed by atoms with Crippen molar-refractivity contribution in [2.45, 2.75) is 57.8 Å². The molecule has 1 aromatic rings. The third kappa shape index (κ3) is 1.28. The number of hydrogen-bond donors (Lipinski definition) is 0. The van der Waals surface area contributed by atoms with E-state index in [1.807, 2.05) is 0 Å². The molecule has 1 unspecified atom stereocenters. The predicted octanol–water partition coefficient (Wildman–Crippen LogP) is 3.75. The Morgan fingerprint density at radius 1 is 1.11 bits per heavy atom. The van der Waals surface area contributed by atoms with Crippen LogP contribution in [0.1, 0.15) is 54.9 Å². The van der Waals surface area contributed by atoms with Crippen LogP contribution >= 0.6 is 0 Å². The Morgan fingerprint density at radius 3 is 2.89 bits per heavy atom. The number of rotatable bonds is 0. The fraction of sp³-hybridized carbons (Fsp3) is 0.647. The normalized spacial score (nSPS) is 29.1. The Balaban J connectivity index is 2.05. The molecule has 0 aromatic heterocycles. The van der Waals surface area contributed by atoms with Gasteiger partial charge in [0.1, 0.15) is 0 Å². The molecule has 3 aliphatic rings. The average Bonchev–Trinajstić information content (AvgIpc) is 2.37. The predicted molar refractivity (Wildman–Crippen MR) is 76.6 cm³/mol. The van der Waals surface area contributed by atoms with Crippen molar-refractivity contribution in [2.75, 3.05) is 18.0 Å². The summed E-state index contributed by atoms with van der Waals surface area (Å²) in [4.78, 5) is 2.69. The molecule has 0 saturated heterocycles. The molecule has 0 spiro atoms. The van der Waals surface area contributed by atoms with Gasteiger partial charge in [-0.1, -0.05) is 13.0 Å². The molecule has 0 saturated carbocycles. The molecular weight excluding hydrogens is 218 g/mol. The van der Waals surface area contributed by atoms with Crippen LogP contribution in [0, 0.1) is 6.92 Å². The van der Waals surface area contributed by atoms with Crippen molar-refractivity contribution in [3.8, 4) is 0 Å². The minimum absolute atomic E-state index is 0.485. The molecule has 1 heteroatoms. The minimum atomic E-state index is 0.485. The van der Waals surface area contributed by atoms with Crippen molar-refractivity contribution in [3.05, 3.63) is 28.3 Å². The molecule has 0 fully saturated rings. The minimum Gasteiger partial charge on any atom is -0.371 e. The van der Waals surface area contributed by atoms with Crippen molar-refractivity contribution >= 4 is 5.69 Å². The van der Waals surface area contributed by atoms with Gasteiger partial charge in [0.2, 0.25) is 0 Å². The summed E-state index contributed by atoms with van der Waals surface area (Å²) in [6, 6.07) is 2.51. The second-order valence-corrected chi connectivity index (χ2v) is 6.81. The highest BCUT2D eigenvalue weighted by Crippen LogP contribution is 2.51. The molecule has 4 rings (SSSR count). The van der Waals surface area contributed by atoms with Gasteiger partial charge in [-0.3, -0.25) is 0 Å². The zero-order valence-electron chi connectivity index (χ0n) is 11.7. The molecule has 1 nitrogen and oxygen atoms in total. The van der Waals surface area contributed by atoms with Crippen LogP contribution < -0.4 is 4.90 Å². The van der Waals surface area contributed by atoms with Crippen molar-refractivity contribution in [1.29, 1.82) is 0 Å². The van der Waals surface area contributed by atoms with Gasteiger partial charge < -0.3 is 4.90 Å². The first-order valence-electron chi connectivity index (χ1n) is 7.60. The van der Waals surface area contributed by atoms with Gasteiger partial charge in [0, 0.05) is 18.8 Å². The summed E-state index contributed by atoms with van der Waals surface area (Å²) in [6.07, 6.45) is 8.14.